The summed E-state index contributed by atoms with van der Waals surface area (Å²) in [4.78, 5) is 26.5. The second-order valence-electron chi connectivity index (χ2n) is 6.53. The highest BCUT2D eigenvalue weighted by atomic mass is 32.1. The van der Waals surface area contributed by atoms with E-state index in [2.05, 4.69) is 23.3 Å². The van der Waals surface area contributed by atoms with Gasteiger partial charge in [0.25, 0.3) is 5.91 Å². The summed E-state index contributed by atoms with van der Waals surface area (Å²) in [7, 11) is 0. The van der Waals surface area contributed by atoms with Gasteiger partial charge in [-0.15, -0.1) is 0 Å². The average Bonchev–Trinajstić information content (AvgIpc) is 2.67. The van der Waals surface area contributed by atoms with Crippen LogP contribution in [-0.2, 0) is 4.79 Å². The molecule has 1 saturated heterocycles. The number of carbonyl (C=O) groups excluding carboxylic acids is 2. The Kier molecular flexibility index (Phi) is 5.68. The van der Waals surface area contributed by atoms with Crippen LogP contribution in [0.25, 0.3) is 10.8 Å². The van der Waals surface area contributed by atoms with Crippen LogP contribution in [0.4, 0.5) is 5.69 Å². The Labute approximate surface area is 158 Å². The van der Waals surface area contributed by atoms with Gasteiger partial charge in [-0.05, 0) is 35.9 Å². The van der Waals surface area contributed by atoms with Crippen LogP contribution in [0, 0.1) is 0 Å². The number of fused-ring (bicyclic) bond motifs is 1. The minimum Gasteiger partial charge on any atom is -0.383 e. The van der Waals surface area contributed by atoms with Crippen LogP contribution in [0.2, 0.25) is 0 Å². The van der Waals surface area contributed by atoms with Crippen molar-refractivity contribution in [2.45, 2.75) is 19.0 Å². The van der Waals surface area contributed by atoms with E-state index < -0.39 is 6.04 Å². The van der Waals surface area contributed by atoms with Crippen LogP contribution in [0.15, 0.2) is 36.4 Å². The molecule has 3 rings (SSSR count). The van der Waals surface area contributed by atoms with Gasteiger partial charge in [0.15, 0.2) is 0 Å². The van der Waals surface area contributed by atoms with E-state index in [-0.39, 0.29) is 17.9 Å². The van der Waals surface area contributed by atoms with Gasteiger partial charge in [0, 0.05) is 42.7 Å². The molecule has 2 aromatic carbocycles. The van der Waals surface area contributed by atoms with Gasteiger partial charge < -0.3 is 21.3 Å². The molecule has 26 heavy (non-hydrogen) atoms. The number of amides is 2. The predicted octanol–water partition coefficient (Wildman–Crippen LogP) is 1.47. The van der Waals surface area contributed by atoms with Crippen molar-refractivity contribution in [1.29, 1.82) is 0 Å². The number of nitrogens with one attached hydrogen (secondary N) is 2. The van der Waals surface area contributed by atoms with Crippen molar-refractivity contribution in [3.63, 3.8) is 0 Å². The third-order valence-electron chi connectivity index (χ3n) is 4.67. The lowest BCUT2D eigenvalue weighted by Gasteiger charge is -2.33. The summed E-state index contributed by atoms with van der Waals surface area (Å²) in [6.45, 7) is 3.39. The average molecular weight is 372 g/mol. The molecule has 0 aliphatic carbocycles. The Hall–Kier alpha value is -2.25. The minimum absolute atomic E-state index is 0.0197. The third-order valence-corrected chi connectivity index (χ3v) is 5.14. The SMILES string of the molecule is CC1C(=O)NCCN1C(=O)c1cccc2cc(NCC(N)CS)ccc12. The number of hydrogen-bond donors (Lipinski definition) is 4. The lowest BCUT2D eigenvalue weighted by molar-refractivity contribution is -0.127. The topological polar surface area (TPSA) is 87.5 Å². The van der Waals surface area contributed by atoms with Gasteiger partial charge >= 0.3 is 0 Å². The zero-order chi connectivity index (χ0) is 18.7. The number of piperazine rings is 1. The van der Waals surface area contributed by atoms with E-state index in [0.717, 1.165) is 16.5 Å². The lowest BCUT2D eigenvalue weighted by Crippen LogP contribution is -2.55. The Bertz CT molecular complexity index is 826. The maximum absolute atomic E-state index is 13.0. The van der Waals surface area contributed by atoms with Crippen LogP contribution in [0.1, 0.15) is 17.3 Å². The van der Waals surface area contributed by atoms with E-state index in [1.807, 2.05) is 36.4 Å². The van der Waals surface area contributed by atoms with E-state index in [4.69, 9.17) is 5.73 Å². The first-order valence-electron chi connectivity index (χ1n) is 8.73. The van der Waals surface area contributed by atoms with E-state index in [0.29, 0.717) is 31.0 Å². The third kappa shape index (κ3) is 3.78. The summed E-state index contributed by atoms with van der Waals surface area (Å²) in [6, 6.07) is 11.1. The van der Waals surface area contributed by atoms with Crippen LogP contribution in [-0.4, -0.2) is 54.2 Å². The molecule has 0 saturated carbocycles. The molecule has 2 unspecified atom stereocenters. The summed E-state index contributed by atoms with van der Waals surface area (Å²) >= 11 is 4.19. The van der Waals surface area contributed by atoms with Crippen molar-refractivity contribution in [3.8, 4) is 0 Å². The molecule has 1 fully saturated rings. The molecule has 1 heterocycles. The van der Waals surface area contributed by atoms with Crippen molar-refractivity contribution < 1.29 is 9.59 Å². The van der Waals surface area contributed by atoms with Crippen LogP contribution >= 0.6 is 12.6 Å². The van der Waals surface area contributed by atoms with Crippen molar-refractivity contribution in [3.05, 3.63) is 42.0 Å². The molecule has 1 aliphatic rings. The molecule has 2 atom stereocenters. The first-order chi connectivity index (χ1) is 12.5. The molecule has 138 valence electrons. The fraction of sp³-hybridized carbons (Fsp3) is 0.368. The van der Waals surface area contributed by atoms with Crippen LogP contribution in [0.3, 0.4) is 0 Å². The van der Waals surface area contributed by atoms with Crippen molar-refractivity contribution >= 4 is 40.9 Å². The van der Waals surface area contributed by atoms with Crippen molar-refractivity contribution in [2.75, 3.05) is 30.7 Å². The Balaban J connectivity index is 1.87. The monoisotopic (exact) mass is 372 g/mol. The fourth-order valence-electron chi connectivity index (χ4n) is 3.11. The van der Waals surface area contributed by atoms with Gasteiger partial charge in [0.2, 0.25) is 5.91 Å². The largest absolute Gasteiger partial charge is 0.383 e. The molecule has 2 aromatic rings. The second kappa shape index (κ2) is 7.97. The Morgan fingerprint density at radius 2 is 2.23 bits per heavy atom. The molecule has 0 aromatic heterocycles. The molecule has 1 aliphatic heterocycles. The van der Waals surface area contributed by atoms with Gasteiger partial charge in [-0.2, -0.15) is 12.6 Å². The standard InChI is InChI=1S/C19H24N4O2S/c1-12-18(24)21-7-8-23(12)19(25)17-4-2-3-13-9-15(5-6-16(13)17)22-10-14(20)11-26/h2-6,9,12,14,22,26H,7-8,10-11,20H2,1H3,(H,21,24). The highest BCUT2D eigenvalue weighted by molar-refractivity contribution is 7.80. The summed E-state index contributed by atoms with van der Waals surface area (Å²) < 4.78 is 0. The maximum Gasteiger partial charge on any atom is 0.255 e. The van der Waals surface area contributed by atoms with Gasteiger partial charge in [-0.3, -0.25) is 9.59 Å². The maximum atomic E-state index is 13.0. The molecule has 2 amide bonds. The zero-order valence-electron chi connectivity index (χ0n) is 14.7. The smallest absolute Gasteiger partial charge is 0.255 e. The first-order valence-corrected chi connectivity index (χ1v) is 9.36. The molecular weight excluding hydrogens is 348 g/mol. The van der Waals surface area contributed by atoms with E-state index in [1.54, 1.807) is 11.8 Å². The summed E-state index contributed by atoms with van der Waals surface area (Å²) in [5.41, 5.74) is 7.45. The van der Waals surface area contributed by atoms with Crippen molar-refractivity contribution in [1.82, 2.24) is 10.2 Å². The number of rotatable bonds is 5. The van der Waals surface area contributed by atoms with Gasteiger partial charge in [-0.25, -0.2) is 0 Å². The molecule has 7 heteroatoms. The molecule has 0 spiro atoms. The summed E-state index contributed by atoms with van der Waals surface area (Å²) in [5.74, 6) is 0.383. The van der Waals surface area contributed by atoms with Gasteiger partial charge in [0.05, 0.1) is 0 Å². The number of hydrogen-bond acceptors (Lipinski definition) is 5. The molecule has 0 radical (unpaired) electrons. The molecular formula is C19H24N4O2S. The molecule has 0 bridgehead atoms. The van der Waals surface area contributed by atoms with E-state index >= 15 is 0 Å². The minimum atomic E-state index is -0.463. The number of benzene rings is 2. The van der Waals surface area contributed by atoms with Gasteiger partial charge in [-0.1, -0.05) is 18.2 Å². The normalized spacial score (nSPS) is 18.5. The van der Waals surface area contributed by atoms with E-state index in [9.17, 15) is 9.59 Å². The van der Waals surface area contributed by atoms with Crippen LogP contribution < -0.4 is 16.4 Å². The molecule has 6 nitrogen and oxygen atoms in total. The van der Waals surface area contributed by atoms with E-state index in [1.165, 1.54) is 0 Å². The highest BCUT2D eigenvalue weighted by Crippen LogP contribution is 2.24. The zero-order valence-corrected chi connectivity index (χ0v) is 15.6. The number of thiol groups is 1. The lowest BCUT2D eigenvalue weighted by atomic mass is 10.0. The second-order valence-corrected chi connectivity index (χ2v) is 6.90. The quantitative estimate of drug-likeness (QED) is 0.599. The molecule has 4 N–H and O–H groups in total. The van der Waals surface area contributed by atoms with Gasteiger partial charge in [0.1, 0.15) is 6.04 Å². The number of anilines is 1. The highest BCUT2D eigenvalue weighted by Gasteiger charge is 2.30. The fourth-order valence-corrected chi connectivity index (χ4v) is 3.24. The number of nitrogens with zero attached hydrogens (tertiary/aromatic N) is 1. The summed E-state index contributed by atoms with van der Waals surface area (Å²) in [5, 5.41) is 7.92. The predicted molar refractivity (Wildman–Crippen MR) is 108 cm³/mol. The van der Waals surface area contributed by atoms with Crippen LogP contribution in [0.5, 0.6) is 0 Å². The first kappa shape index (κ1) is 18.5. The Morgan fingerprint density at radius 3 is 3.00 bits per heavy atom. The number of nitrogens with two attached hydrogens (primary N) is 1. The Morgan fingerprint density at radius 1 is 1.42 bits per heavy atom. The van der Waals surface area contributed by atoms with Crippen molar-refractivity contribution in [2.24, 2.45) is 5.73 Å². The summed E-state index contributed by atoms with van der Waals surface area (Å²) in [6.07, 6.45) is 0. The number of carbonyl (C=O) groups is 2.